The summed E-state index contributed by atoms with van der Waals surface area (Å²) in [4.78, 5) is 4.34. The van der Waals surface area contributed by atoms with Crippen LogP contribution in [0.15, 0.2) is 41.5 Å². The molecule has 0 spiro atoms. The maximum atomic E-state index is 14.5. The zero-order chi connectivity index (χ0) is 20.1. The number of hydrogen-bond acceptors (Lipinski definition) is 4. The first kappa shape index (κ1) is 20.8. The van der Waals surface area contributed by atoms with Crippen molar-refractivity contribution < 1.29 is 4.39 Å². The van der Waals surface area contributed by atoms with E-state index >= 15 is 0 Å². The van der Waals surface area contributed by atoms with Crippen LogP contribution in [0.2, 0.25) is 10.0 Å². The van der Waals surface area contributed by atoms with Crippen LogP contribution < -0.4 is 16.1 Å². The molecule has 1 fully saturated rings. The van der Waals surface area contributed by atoms with E-state index in [-0.39, 0.29) is 10.9 Å². The summed E-state index contributed by atoms with van der Waals surface area (Å²) < 4.78 is 14.5. The van der Waals surface area contributed by atoms with Crippen LogP contribution in [0.3, 0.4) is 0 Å². The Morgan fingerprint density at radius 1 is 1.18 bits per heavy atom. The van der Waals surface area contributed by atoms with Gasteiger partial charge in [-0.3, -0.25) is 10.3 Å². The summed E-state index contributed by atoms with van der Waals surface area (Å²) >= 11 is 16.9. The predicted octanol–water partition coefficient (Wildman–Crippen LogP) is 3.62. The minimum Gasteiger partial charge on any atom is -0.375 e. The topological polar surface area (TPSA) is 56.9 Å². The Morgan fingerprint density at radius 3 is 2.57 bits per heavy atom. The SMILES string of the molecule is NC(=S)N/N=C/c1ccc(N2CCN(Cc3ccc(Cl)cc3Cl)CC2)c(F)c1. The number of thiocarbonyl (C=S) groups is 1. The van der Waals surface area contributed by atoms with Gasteiger partial charge in [0, 0.05) is 42.8 Å². The van der Waals surface area contributed by atoms with Crippen LogP contribution in [-0.4, -0.2) is 42.4 Å². The third kappa shape index (κ3) is 5.54. The van der Waals surface area contributed by atoms with Gasteiger partial charge >= 0.3 is 0 Å². The van der Waals surface area contributed by atoms with E-state index in [4.69, 9.17) is 28.9 Å². The fourth-order valence-electron chi connectivity index (χ4n) is 3.07. The molecule has 28 heavy (non-hydrogen) atoms. The standard InChI is InChI=1S/C19H20Cl2FN5S/c20-15-3-2-14(16(21)10-15)12-26-5-7-27(8-6-26)18-4-1-13(9-17(18)22)11-24-25-19(23)28/h1-4,9-11H,5-8,12H2,(H3,23,25,28)/b24-11+. The van der Waals surface area contributed by atoms with E-state index in [1.807, 2.05) is 23.1 Å². The Balaban J connectivity index is 1.58. The Morgan fingerprint density at radius 2 is 1.93 bits per heavy atom. The molecule has 0 radical (unpaired) electrons. The molecule has 0 unspecified atom stereocenters. The van der Waals surface area contributed by atoms with Crippen LogP contribution in [0.5, 0.6) is 0 Å². The molecule has 3 rings (SSSR count). The predicted molar refractivity (Wildman–Crippen MR) is 118 cm³/mol. The van der Waals surface area contributed by atoms with Crippen molar-refractivity contribution in [3.63, 3.8) is 0 Å². The first-order valence-electron chi connectivity index (χ1n) is 8.71. The minimum absolute atomic E-state index is 0.0612. The van der Waals surface area contributed by atoms with Gasteiger partial charge in [0.25, 0.3) is 0 Å². The van der Waals surface area contributed by atoms with E-state index in [2.05, 4.69) is 27.6 Å². The Hall–Kier alpha value is -1.93. The number of piperazine rings is 1. The Bertz CT molecular complexity index is 885. The molecule has 1 aliphatic rings. The molecule has 1 aliphatic heterocycles. The number of hydrogen-bond donors (Lipinski definition) is 2. The van der Waals surface area contributed by atoms with Gasteiger partial charge in [0.15, 0.2) is 5.11 Å². The van der Waals surface area contributed by atoms with Crippen molar-refractivity contribution in [2.45, 2.75) is 6.54 Å². The Kier molecular flexibility index (Phi) is 7.07. The highest BCUT2D eigenvalue weighted by atomic mass is 35.5. The first-order valence-corrected chi connectivity index (χ1v) is 9.88. The number of nitrogens with zero attached hydrogens (tertiary/aromatic N) is 3. The largest absolute Gasteiger partial charge is 0.375 e. The van der Waals surface area contributed by atoms with Crippen molar-refractivity contribution in [3.05, 3.63) is 63.4 Å². The van der Waals surface area contributed by atoms with Crippen LogP contribution in [0.1, 0.15) is 11.1 Å². The van der Waals surface area contributed by atoms with Gasteiger partial charge in [-0.1, -0.05) is 35.3 Å². The maximum absolute atomic E-state index is 14.5. The van der Waals surface area contributed by atoms with Gasteiger partial charge in [0.05, 0.1) is 11.9 Å². The lowest BCUT2D eigenvalue weighted by Gasteiger charge is -2.36. The van der Waals surface area contributed by atoms with Gasteiger partial charge in [-0.25, -0.2) is 4.39 Å². The van der Waals surface area contributed by atoms with Crippen molar-refractivity contribution in [3.8, 4) is 0 Å². The number of halogens is 3. The second kappa shape index (κ2) is 9.52. The third-order valence-corrected chi connectivity index (χ3v) is 5.16. The van der Waals surface area contributed by atoms with Crippen molar-refractivity contribution in [2.75, 3.05) is 31.1 Å². The summed E-state index contributed by atoms with van der Waals surface area (Å²) in [5.41, 5.74) is 9.99. The Labute approximate surface area is 178 Å². The van der Waals surface area contributed by atoms with Gasteiger partial charge in [-0.15, -0.1) is 0 Å². The molecule has 1 saturated heterocycles. The number of rotatable bonds is 5. The molecule has 0 atom stereocenters. The normalized spacial score (nSPS) is 15.2. The van der Waals surface area contributed by atoms with Crippen LogP contribution in [0.25, 0.3) is 0 Å². The summed E-state index contributed by atoms with van der Waals surface area (Å²) in [6, 6.07) is 10.6. The second-order valence-electron chi connectivity index (χ2n) is 6.44. The molecule has 2 aromatic rings. The van der Waals surface area contributed by atoms with Crippen molar-refractivity contribution >= 4 is 52.4 Å². The summed E-state index contributed by atoms with van der Waals surface area (Å²) in [6.45, 7) is 3.85. The fraction of sp³-hybridized carbons (Fsp3) is 0.263. The lowest BCUT2D eigenvalue weighted by Crippen LogP contribution is -2.46. The molecule has 5 nitrogen and oxygen atoms in total. The first-order chi connectivity index (χ1) is 13.4. The zero-order valence-corrected chi connectivity index (χ0v) is 17.4. The average Bonchev–Trinajstić information content (AvgIpc) is 2.65. The molecule has 0 aromatic heterocycles. The van der Waals surface area contributed by atoms with Gasteiger partial charge in [-0.2, -0.15) is 5.10 Å². The van der Waals surface area contributed by atoms with E-state index in [0.29, 0.717) is 21.3 Å². The zero-order valence-electron chi connectivity index (χ0n) is 15.0. The smallest absolute Gasteiger partial charge is 0.184 e. The number of anilines is 1. The van der Waals surface area contributed by atoms with E-state index in [9.17, 15) is 4.39 Å². The number of nitrogens with one attached hydrogen (secondary N) is 1. The summed E-state index contributed by atoms with van der Waals surface area (Å²) in [6.07, 6.45) is 1.47. The molecule has 2 aromatic carbocycles. The van der Waals surface area contributed by atoms with Gasteiger partial charge < -0.3 is 10.6 Å². The lowest BCUT2D eigenvalue weighted by atomic mass is 10.1. The van der Waals surface area contributed by atoms with E-state index < -0.39 is 0 Å². The molecular formula is C19H20Cl2FN5S. The van der Waals surface area contributed by atoms with E-state index in [0.717, 1.165) is 38.3 Å². The van der Waals surface area contributed by atoms with Gasteiger partial charge in [0.2, 0.25) is 0 Å². The minimum atomic E-state index is -0.284. The highest BCUT2D eigenvalue weighted by Gasteiger charge is 2.20. The summed E-state index contributed by atoms with van der Waals surface area (Å²) in [7, 11) is 0. The van der Waals surface area contributed by atoms with Gasteiger partial charge in [0.1, 0.15) is 5.82 Å². The molecular weight excluding hydrogens is 420 g/mol. The monoisotopic (exact) mass is 439 g/mol. The quantitative estimate of drug-likeness (QED) is 0.423. The molecule has 0 amide bonds. The van der Waals surface area contributed by atoms with Crippen LogP contribution in [0, 0.1) is 5.82 Å². The highest BCUT2D eigenvalue weighted by molar-refractivity contribution is 7.80. The van der Waals surface area contributed by atoms with E-state index in [1.165, 1.54) is 12.3 Å². The maximum Gasteiger partial charge on any atom is 0.184 e. The van der Waals surface area contributed by atoms with Gasteiger partial charge in [-0.05, 0) is 47.6 Å². The van der Waals surface area contributed by atoms with Crippen LogP contribution in [-0.2, 0) is 6.54 Å². The average molecular weight is 440 g/mol. The lowest BCUT2D eigenvalue weighted by molar-refractivity contribution is 0.249. The molecule has 3 N–H and O–H groups in total. The van der Waals surface area contributed by atoms with E-state index in [1.54, 1.807) is 12.1 Å². The molecule has 9 heteroatoms. The molecule has 148 valence electrons. The molecule has 0 aliphatic carbocycles. The number of hydrazone groups is 1. The number of benzene rings is 2. The molecule has 0 bridgehead atoms. The number of nitrogens with two attached hydrogens (primary N) is 1. The second-order valence-corrected chi connectivity index (χ2v) is 7.73. The third-order valence-electron chi connectivity index (χ3n) is 4.48. The van der Waals surface area contributed by atoms with Crippen molar-refractivity contribution in [1.82, 2.24) is 10.3 Å². The summed E-state index contributed by atoms with van der Waals surface area (Å²) in [5.74, 6) is -0.284. The van der Waals surface area contributed by atoms with Crippen LogP contribution >= 0.6 is 35.4 Å². The van der Waals surface area contributed by atoms with Crippen molar-refractivity contribution in [1.29, 1.82) is 0 Å². The van der Waals surface area contributed by atoms with Crippen molar-refractivity contribution in [2.24, 2.45) is 10.8 Å². The summed E-state index contributed by atoms with van der Waals surface area (Å²) in [5, 5.41) is 5.20. The fourth-order valence-corrected chi connectivity index (χ4v) is 3.59. The molecule has 0 saturated carbocycles. The molecule has 1 heterocycles. The highest BCUT2D eigenvalue weighted by Crippen LogP contribution is 2.25. The van der Waals surface area contributed by atoms with Crippen LogP contribution in [0.4, 0.5) is 10.1 Å².